The molecule has 10 rings (SSSR count). The van der Waals surface area contributed by atoms with E-state index in [4.69, 9.17) is 0 Å². The fraction of sp³-hybridized carbons (Fsp3) is 0.0217. The summed E-state index contributed by atoms with van der Waals surface area (Å²) in [6, 6.07) is 42.0. The van der Waals surface area contributed by atoms with Gasteiger partial charge < -0.3 is 9.13 Å². The van der Waals surface area contributed by atoms with Gasteiger partial charge in [0.1, 0.15) is 0 Å². The highest BCUT2D eigenvalue weighted by atomic mass is 19.4. The second-order valence-corrected chi connectivity index (χ2v) is 13.4. The summed E-state index contributed by atoms with van der Waals surface area (Å²) in [6.07, 6.45) is 1.79. The number of halogens is 3. The lowest BCUT2D eigenvalue weighted by Gasteiger charge is -2.22. The van der Waals surface area contributed by atoms with Gasteiger partial charge in [-0.1, -0.05) is 72.8 Å². The molecule has 0 atom stereocenters. The van der Waals surface area contributed by atoms with Crippen molar-refractivity contribution in [3.8, 4) is 51.3 Å². The lowest BCUT2D eigenvalue weighted by molar-refractivity contribution is -0.137. The van der Waals surface area contributed by atoms with Gasteiger partial charge >= 0.3 is 6.18 Å². The molecule has 4 aromatic heterocycles. The zero-order valence-corrected chi connectivity index (χ0v) is 29.3. The summed E-state index contributed by atoms with van der Waals surface area (Å²) in [5.41, 5.74) is 4.82. The van der Waals surface area contributed by atoms with Gasteiger partial charge in [0.05, 0.1) is 50.6 Å². The number of hydrogen-bond donors (Lipinski definition) is 0. The summed E-state index contributed by atoms with van der Waals surface area (Å²) in [5, 5.41) is 13.3. The maximum absolute atomic E-state index is 15.9. The molecule has 7 nitrogen and oxygen atoms in total. The summed E-state index contributed by atoms with van der Waals surface area (Å²) < 4.78 is 51.2. The molecule has 266 valence electrons. The molecule has 0 amide bonds. The lowest BCUT2D eigenvalue weighted by Crippen LogP contribution is -2.13. The van der Waals surface area contributed by atoms with Crippen molar-refractivity contribution in [3.05, 3.63) is 169 Å². The summed E-state index contributed by atoms with van der Waals surface area (Å²) >= 11 is 0. The fourth-order valence-corrected chi connectivity index (χ4v) is 7.80. The van der Waals surface area contributed by atoms with E-state index in [2.05, 4.69) is 26.0 Å². The molecule has 0 saturated carbocycles. The van der Waals surface area contributed by atoms with Crippen LogP contribution in [0.5, 0.6) is 0 Å². The minimum atomic E-state index is -4.78. The van der Waals surface area contributed by atoms with Crippen molar-refractivity contribution in [2.24, 2.45) is 0 Å². The Morgan fingerprint density at radius 3 is 1.52 bits per heavy atom. The first-order valence-electron chi connectivity index (χ1n) is 17.7. The monoisotopic (exact) mass is 733 g/mol. The van der Waals surface area contributed by atoms with E-state index < -0.39 is 11.7 Å². The summed E-state index contributed by atoms with van der Waals surface area (Å²) in [4.78, 5) is 17.7. The molecule has 0 unspecified atom stereocenters. The number of fused-ring (bicyclic) bond motifs is 6. The smallest absolute Gasteiger partial charge is 0.309 e. The first-order valence-corrected chi connectivity index (χ1v) is 17.7. The maximum Gasteiger partial charge on any atom is 0.418 e. The van der Waals surface area contributed by atoms with Gasteiger partial charge in [-0.3, -0.25) is 0 Å². The molecule has 0 fully saturated rings. The van der Waals surface area contributed by atoms with Crippen LogP contribution in [0.3, 0.4) is 0 Å². The Bertz CT molecular complexity index is 3200. The number of alkyl halides is 3. The lowest BCUT2D eigenvalue weighted by atomic mass is 9.97. The van der Waals surface area contributed by atoms with Gasteiger partial charge in [-0.05, 0) is 66.2 Å². The number of rotatable bonds is 5. The maximum atomic E-state index is 15.9. The third kappa shape index (κ3) is 5.28. The van der Waals surface area contributed by atoms with Crippen molar-refractivity contribution in [2.45, 2.75) is 6.18 Å². The third-order valence-corrected chi connectivity index (χ3v) is 10.2. The Morgan fingerprint density at radius 1 is 0.464 bits per heavy atom. The van der Waals surface area contributed by atoms with Crippen LogP contribution in [0.4, 0.5) is 13.2 Å². The predicted molar refractivity (Wildman–Crippen MR) is 212 cm³/mol. The minimum absolute atomic E-state index is 0.0601. The Labute approximate surface area is 317 Å². The van der Waals surface area contributed by atoms with E-state index in [1.807, 2.05) is 95.6 Å². The van der Waals surface area contributed by atoms with E-state index in [0.717, 1.165) is 27.1 Å². The number of hydrogen-bond acceptors (Lipinski definition) is 5. The van der Waals surface area contributed by atoms with Crippen LogP contribution in [-0.4, -0.2) is 29.1 Å². The van der Waals surface area contributed by atoms with Crippen LogP contribution < -0.4 is 0 Å². The van der Waals surface area contributed by atoms with Crippen LogP contribution in [0.2, 0.25) is 0 Å². The number of nitriles is 1. The summed E-state index contributed by atoms with van der Waals surface area (Å²) in [5.74, 6) is 0.948. The highest BCUT2D eigenvalue weighted by Crippen LogP contribution is 2.45. The van der Waals surface area contributed by atoms with Crippen molar-refractivity contribution in [1.29, 1.82) is 5.26 Å². The van der Waals surface area contributed by atoms with E-state index in [1.54, 1.807) is 65.8 Å². The predicted octanol–water partition coefficient (Wildman–Crippen LogP) is 11.4. The molecule has 56 heavy (non-hydrogen) atoms. The van der Waals surface area contributed by atoms with Crippen molar-refractivity contribution < 1.29 is 13.2 Å². The van der Waals surface area contributed by atoms with Crippen LogP contribution in [0, 0.1) is 11.3 Å². The molecule has 0 aliphatic heterocycles. The molecule has 10 aromatic rings. The normalized spacial score (nSPS) is 11.8. The van der Waals surface area contributed by atoms with E-state index in [1.165, 1.54) is 6.07 Å². The van der Waals surface area contributed by atoms with Gasteiger partial charge in [-0.15, -0.1) is 0 Å². The van der Waals surface area contributed by atoms with Gasteiger partial charge in [0.25, 0.3) is 0 Å². The van der Waals surface area contributed by atoms with Gasteiger partial charge in [0, 0.05) is 63.0 Å². The molecule has 6 aromatic carbocycles. The van der Waals surface area contributed by atoms with Gasteiger partial charge in [-0.2, -0.15) is 18.4 Å². The van der Waals surface area contributed by atoms with Crippen LogP contribution in [-0.2, 0) is 6.18 Å². The third-order valence-electron chi connectivity index (χ3n) is 10.2. The van der Waals surface area contributed by atoms with Crippen molar-refractivity contribution in [1.82, 2.24) is 29.1 Å². The molecule has 4 heterocycles. The van der Waals surface area contributed by atoms with Crippen LogP contribution >= 0.6 is 0 Å². The second kappa shape index (κ2) is 12.7. The van der Waals surface area contributed by atoms with E-state index in [9.17, 15) is 5.26 Å². The highest BCUT2D eigenvalue weighted by molar-refractivity contribution is 6.12. The highest BCUT2D eigenvalue weighted by Gasteiger charge is 2.37. The second-order valence-electron chi connectivity index (χ2n) is 13.4. The Balaban J connectivity index is 1.35. The van der Waals surface area contributed by atoms with Crippen LogP contribution in [0.15, 0.2) is 158 Å². The van der Waals surface area contributed by atoms with Gasteiger partial charge in [0.15, 0.2) is 11.6 Å². The van der Waals surface area contributed by atoms with Crippen molar-refractivity contribution >= 4 is 43.6 Å². The zero-order valence-electron chi connectivity index (χ0n) is 29.3. The molecule has 10 heteroatoms. The van der Waals surface area contributed by atoms with Crippen molar-refractivity contribution in [3.63, 3.8) is 0 Å². The zero-order chi connectivity index (χ0) is 38.0. The summed E-state index contributed by atoms with van der Waals surface area (Å²) in [7, 11) is 0. The van der Waals surface area contributed by atoms with Crippen LogP contribution in [0.25, 0.3) is 88.9 Å². The number of nitrogens with zero attached hydrogens (tertiary/aromatic N) is 7. The standard InChI is InChI=1S/C46H26F3N7/c47-46(48,49)37-26-42(55-38-12-3-1-10-32(38)34-16-14-30(23-40(34)55)44-51-18-6-19-52-44)36(29-9-5-8-28(22-29)27-50)25-43(37)56-39-13-4-2-11-33(39)35-17-15-31(24-41(35)56)45-53-20-7-21-54-45/h1-26H. The topological polar surface area (TPSA) is 85.2 Å². The quantitative estimate of drug-likeness (QED) is 0.176. The molecule has 0 N–H and O–H groups in total. The molecular formula is C46H26F3N7. The first-order chi connectivity index (χ1) is 27.4. The number of aromatic nitrogens is 6. The van der Waals surface area contributed by atoms with E-state index >= 15 is 13.2 Å². The molecule has 0 spiro atoms. The fourth-order valence-electron chi connectivity index (χ4n) is 7.80. The summed E-state index contributed by atoms with van der Waals surface area (Å²) in [6.45, 7) is 0. The average molecular weight is 734 g/mol. The average Bonchev–Trinajstić information content (AvgIpc) is 3.75. The van der Waals surface area contributed by atoms with E-state index in [0.29, 0.717) is 61.7 Å². The number of para-hydroxylation sites is 2. The van der Waals surface area contributed by atoms with Crippen LogP contribution in [0.1, 0.15) is 11.1 Å². The largest absolute Gasteiger partial charge is 0.418 e. The Morgan fingerprint density at radius 2 is 0.982 bits per heavy atom. The molecule has 0 radical (unpaired) electrons. The SMILES string of the molecule is N#Cc1cccc(-c2cc(-n3c4ccccc4c4ccc(-c5ncccn5)cc43)c(C(F)(F)F)cc2-n2c3ccccc3c3ccc(-c4ncccn4)cc32)c1. The minimum Gasteiger partial charge on any atom is -0.309 e. The Hall–Kier alpha value is -7.64. The molecule has 0 aliphatic rings. The Kier molecular flexibility index (Phi) is 7.50. The molecule has 0 saturated heterocycles. The van der Waals surface area contributed by atoms with Gasteiger partial charge in [-0.25, -0.2) is 19.9 Å². The van der Waals surface area contributed by atoms with E-state index in [-0.39, 0.29) is 5.69 Å². The van der Waals surface area contributed by atoms with Crippen molar-refractivity contribution in [2.75, 3.05) is 0 Å². The first kappa shape index (κ1) is 33.0. The molecular weight excluding hydrogens is 708 g/mol. The molecule has 0 bridgehead atoms. The number of benzene rings is 6. The van der Waals surface area contributed by atoms with Gasteiger partial charge in [0.2, 0.25) is 0 Å². The molecule has 0 aliphatic carbocycles.